The normalized spacial score (nSPS) is 18.1. The summed E-state index contributed by atoms with van der Waals surface area (Å²) in [4.78, 5) is 21.6. The summed E-state index contributed by atoms with van der Waals surface area (Å²) in [5.74, 6) is -0.317. The minimum atomic E-state index is -3.59. The molecular formula is C15H15N3O4S. The van der Waals surface area contributed by atoms with Crippen LogP contribution >= 0.6 is 0 Å². The lowest BCUT2D eigenvalue weighted by Gasteiger charge is -2.20. The van der Waals surface area contributed by atoms with Gasteiger partial charge in [0.05, 0.1) is 6.54 Å². The monoisotopic (exact) mass is 333 g/mol. The number of aromatic nitrogens is 2. The first kappa shape index (κ1) is 15.4. The van der Waals surface area contributed by atoms with E-state index in [1.807, 2.05) is 30.3 Å². The number of carbonyl (C=O) groups is 1. The lowest BCUT2D eigenvalue weighted by Crippen LogP contribution is -2.29. The lowest BCUT2D eigenvalue weighted by atomic mass is 10.1. The third-order valence-corrected chi connectivity index (χ3v) is 4.37. The molecule has 0 N–H and O–H groups in total. The number of hydrogen-bond acceptors (Lipinski definition) is 6. The molecule has 0 aliphatic carbocycles. The lowest BCUT2D eigenvalue weighted by molar-refractivity contribution is 0.0760. The molecule has 0 radical (unpaired) electrons. The van der Waals surface area contributed by atoms with Crippen LogP contribution in [-0.4, -0.2) is 49.0 Å². The number of fused-ring (bicyclic) bond motifs is 1. The number of benzene rings is 1. The second-order valence-electron chi connectivity index (χ2n) is 5.35. The SMILES string of the molecule is CN1CC(c2ccccc2)Oc2nc(S(C)(=O)=O)ncc2C1=O. The first-order chi connectivity index (χ1) is 10.9. The summed E-state index contributed by atoms with van der Waals surface area (Å²) >= 11 is 0. The van der Waals surface area contributed by atoms with Gasteiger partial charge in [-0.15, -0.1) is 0 Å². The minimum absolute atomic E-state index is 0.0105. The van der Waals surface area contributed by atoms with E-state index in [2.05, 4.69) is 9.97 Å². The van der Waals surface area contributed by atoms with Gasteiger partial charge in [-0.3, -0.25) is 4.79 Å². The molecule has 1 amide bonds. The van der Waals surface area contributed by atoms with Crippen molar-refractivity contribution in [1.82, 2.24) is 14.9 Å². The molecule has 120 valence electrons. The Balaban J connectivity index is 2.09. The smallest absolute Gasteiger partial charge is 0.260 e. The molecule has 2 heterocycles. The second kappa shape index (κ2) is 5.62. The van der Waals surface area contributed by atoms with Gasteiger partial charge < -0.3 is 9.64 Å². The summed E-state index contributed by atoms with van der Waals surface area (Å²) in [7, 11) is -1.93. The highest BCUT2D eigenvalue weighted by molar-refractivity contribution is 7.90. The molecule has 0 spiro atoms. The third kappa shape index (κ3) is 3.02. The Kier molecular flexibility index (Phi) is 3.77. The van der Waals surface area contributed by atoms with Gasteiger partial charge in [0, 0.05) is 19.5 Å². The molecule has 23 heavy (non-hydrogen) atoms. The highest BCUT2D eigenvalue weighted by atomic mass is 32.2. The van der Waals surface area contributed by atoms with E-state index in [1.54, 1.807) is 7.05 Å². The summed E-state index contributed by atoms with van der Waals surface area (Å²) in [6.45, 7) is 0.327. The largest absolute Gasteiger partial charge is 0.467 e. The van der Waals surface area contributed by atoms with Crippen LogP contribution in [0.1, 0.15) is 22.0 Å². The number of carbonyl (C=O) groups excluding carboxylic acids is 1. The quantitative estimate of drug-likeness (QED) is 0.764. The summed E-state index contributed by atoms with van der Waals surface area (Å²) in [5, 5.41) is -0.361. The Bertz CT molecular complexity index is 852. The van der Waals surface area contributed by atoms with Crippen molar-refractivity contribution in [2.75, 3.05) is 19.8 Å². The van der Waals surface area contributed by atoms with E-state index in [1.165, 1.54) is 11.1 Å². The van der Waals surface area contributed by atoms with Crippen molar-refractivity contribution < 1.29 is 17.9 Å². The van der Waals surface area contributed by atoms with Crippen LogP contribution in [0.15, 0.2) is 41.7 Å². The maximum absolute atomic E-state index is 12.4. The van der Waals surface area contributed by atoms with Gasteiger partial charge in [0.2, 0.25) is 20.9 Å². The molecule has 7 nitrogen and oxygen atoms in total. The maximum atomic E-state index is 12.4. The van der Waals surface area contributed by atoms with Gasteiger partial charge in [-0.2, -0.15) is 4.98 Å². The Hall–Kier alpha value is -2.48. The van der Waals surface area contributed by atoms with E-state index >= 15 is 0 Å². The summed E-state index contributed by atoms with van der Waals surface area (Å²) in [5.41, 5.74) is 1.03. The van der Waals surface area contributed by atoms with E-state index in [0.717, 1.165) is 11.8 Å². The number of amides is 1. The standard InChI is InChI=1S/C15H15N3O4S/c1-18-9-12(10-6-4-3-5-7-10)22-13-11(14(18)19)8-16-15(17-13)23(2,20)21/h3-8,12H,9H2,1-2H3. The Morgan fingerprint density at radius 3 is 2.61 bits per heavy atom. The molecule has 0 bridgehead atoms. The average molecular weight is 333 g/mol. The molecule has 0 saturated carbocycles. The Morgan fingerprint density at radius 2 is 1.96 bits per heavy atom. The summed E-state index contributed by atoms with van der Waals surface area (Å²) in [6, 6.07) is 9.38. The van der Waals surface area contributed by atoms with Crippen LogP contribution in [0, 0.1) is 0 Å². The first-order valence-electron chi connectivity index (χ1n) is 6.90. The fourth-order valence-electron chi connectivity index (χ4n) is 2.32. The molecule has 2 aromatic rings. The van der Waals surface area contributed by atoms with Gasteiger partial charge in [0.1, 0.15) is 11.7 Å². The van der Waals surface area contributed by atoms with Gasteiger partial charge in [-0.05, 0) is 5.56 Å². The topological polar surface area (TPSA) is 89.5 Å². The van der Waals surface area contributed by atoms with Gasteiger partial charge in [0.25, 0.3) is 5.91 Å². The van der Waals surface area contributed by atoms with Crippen molar-refractivity contribution in [3.63, 3.8) is 0 Å². The van der Waals surface area contributed by atoms with Crippen molar-refractivity contribution in [2.45, 2.75) is 11.3 Å². The van der Waals surface area contributed by atoms with Crippen molar-refractivity contribution in [3.8, 4) is 5.88 Å². The van der Waals surface area contributed by atoms with Gasteiger partial charge >= 0.3 is 0 Å². The Labute approximate surface area is 133 Å². The zero-order valence-corrected chi connectivity index (χ0v) is 13.4. The van der Waals surface area contributed by atoms with E-state index in [9.17, 15) is 13.2 Å². The minimum Gasteiger partial charge on any atom is -0.467 e. The summed E-state index contributed by atoms with van der Waals surface area (Å²) in [6.07, 6.45) is 1.77. The van der Waals surface area contributed by atoms with Crippen molar-refractivity contribution >= 4 is 15.7 Å². The highest BCUT2D eigenvalue weighted by Gasteiger charge is 2.30. The number of rotatable bonds is 2. The fraction of sp³-hybridized carbons (Fsp3) is 0.267. The van der Waals surface area contributed by atoms with Crippen LogP contribution in [0.25, 0.3) is 0 Å². The predicted molar refractivity (Wildman–Crippen MR) is 81.9 cm³/mol. The molecule has 8 heteroatoms. The molecule has 3 rings (SSSR count). The van der Waals surface area contributed by atoms with Crippen LogP contribution in [0.4, 0.5) is 0 Å². The molecule has 0 fully saturated rings. The zero-order valence-electron chi connectivity index (χ0n) is 12.6. The zero-order chi connectivity index (χ0) is 16.6. The highest BCUT2D eigenvalue weighted by Crippen LogP contribution is 2.29. The number of likely N-dealkylation sites (N-methyl/N-ethyl adjacent to an activating group) is 1. The van der Waals surface area contributed by atoms with Crippen molar-refractivity contribution in [2.24, 2.45) is 0 Å². The van der Waals surface area contributed by atoms with Gasteiger partial charge in [0.15, 0.2) is 0 Å². The second-order valence-corrected chi connectivity index (χ2v) is 7.26. The maximum Gasteiger partial charge on any atom is 0.260 e. The van der Waals surface area contributed by atoms with E-state index in [-0.39, 0.29) is 22.5 Å². The van der Waals surface area contributed by atoms with Gasteiger partial charge in [-0.25, -0.2) is 13.4 Å². The Morgan fingerprint density at radius 1 is 1.26 bits per heavy atom. The third-order valence-electron chi connectivity index (χ3n) is 3.51. The van der Waals surface area contributed by atoms with Crippen molar-refractivity contribution in [1.29, 1.82) is 0 Å². The van der Waals surface area contributed by atoms with Crippen LogP contribution in [0.5, 0.6) is 5.88 Å². The van der Waals surface area contributed by atoms with Crippen LogP contribution in [0.2, 0.25) is 0 Å². The number of hydrogen-bond donors (Lipinski definition) is 0. The molecule has 1 aliphatic rings. The van der Waals surface area contributed by atoms with Crippen LogP contribution < -0.4 is 4.74 Å². The van der Waals surface area contributed by atoms with Gasteiger partial charge in [-0.1, -0.05) is 30.3 Å². The first-order valence-corrected chi connectivity index (χ1v) is 8.79. The molecule has 1 aromatic heterocycles. The average Bonchev–Trinajstić information content (AvgIpc) is 2.65. The molecule has 1 aliphatic heterocycles. The number of nitrogens with zero attached hydrogens (tertiary/aromatic N) is 3. The summed E-state index contributed by atoms with van der Waals surface area (Å²) < 4.78 is 29.1. The molecule has 1 unspecified atom stereocenters. The number of ether oxygens (including phenoxy) is 1. The van der Waals surface area contributed by atoms with Crippen LogP contribution in [-0.2, 0) is 9.84 Å². The molecular weight excluding hydrogens is 318 g/mol. The molecule has 1 atom stereocenters. The fourth-order valence-corrected chi connectivity index (χ4v) is 2.81. The van der Waals surface area contributed by atoms with E-state index in [4.69, 9.17) is 4.74 Å². The number of sulfone groups is 1. The molecule has 1 aromatic carbocycles. The predicted octanol–water partition coefficient (Wildman–Crippen LogP) is 1.09. The van der Waals surface area contributed by atoms with Crippen molar-refractivity contribution in [3.05, 3.63) is 47.7 Å². The van der Waals surface area contributed by atoms with E-state index < -0.39 is 15.9 Å². The molecule has 0 saturated heterocycles. The van der Waals surface area contributed by atoms with E-state index in [0.29, 0.717) is 6.54 Å². The van der Waals surface area contributed by atoms with Crippen LogP contribution in [0.3, 0.4) is 0 Å².